The molecule has 0 aliphatic rings. The number of carboxylic acids is 1. The Kier molecular flexibility index (Phi) is 16.9. The number of rotatable bonds is 17. The van der Waals surface area contributed by atoms with Gasteiger partial charge in [0, 0.05) is 6.42 Å². The van der Waals surface area contributed by atoms with Gasteiger partial charge in [-0.1, -0.05) is 82.8 Å². The Hall–Kier alpha value is -0.830. The predicted molar refractivity (Wildman–Crippen MR) is 97.7 cm³/mol. The first kappa shape index (κ1) is 22.2. The Balaban J connectivity index is 3.09. The van der Waals surface area contributed by atoms with Crippen molar-refractivity contribution < 1.29 is 15.0 Å². The summed E-state index contributed by atoms with van der Waals surface area (Å²) >= 11 is 0. The fraction of sp³-hybridized carbons (Fsp3) is 0.850. The predicted octanol–water partition coefficient (Wildman–Crippen LogP) is 5.86. The van der Waals surface area contributed by atoms with Gasteiger partial charge in [-0.05, 0) is 26.2 Å². The number of aliphatic hydroxyl groups excluding tert-OH is 1. The van der Waals surface area contributed by atoms with Crippen LogP contribution >= 0.6 is 0 Å². The van der Waals surface area contributed by atoms with Gasteiger partial charge in [0.2, 0.25) is 0 Å². The number of hydrogen-bond donors (Lipinski definition) is 2. The normalized spacial score (nSPS) is 12.8. The molecule has 1 unspecified atom stereocenters. The third kappa shape index (κ3) is 19.1. The molecule has 0 aromatic rings. The Morgan fingerprint density at radius 1 is 0.826 bits per heavy atom. The highest BCUT2D eigenvalue weighted by Crippen LogP contribution is 2.14. The van der Waals surface area contributed by atoms with Crippen LogP contribution in [0.1, 0.15) is 103 Å². The number of carboxylic acid groups (broad SMARTS) is 1. The highest BCUT2D eigenvalue weighted by Gasteiger charge is 2.01. The molecule has 0 aliphatic carbocycles. The van der Waals surface area contributed by atoms with Gasteiger partial charge in [0.25, 0.3) is 0 Å². The molecule has 0 rings (SSSR count). The summed E-state index contributed by atoms with van der Waals surface area (Å²) in [4.78, 5) is 10.4. The average molecular weight is 327 g/mol. The van der Waals surface area contributed by atoms with Crippen molar-refractivity contribution in [1.82, 2.24) is 0 Å². The van der Waals surface area contributed by atoms with Crippen LogP contribution in [0.5, 0.6) is 0 Å². The topological polar surface area (TPSA) is 57.5 Å². The summed E-state index contributed by atoms with van der Waals surface area (Å²) in [5.74, 6) is -0.669. The molecule has 0 amide bonds. The van der Waals surface area contributed by atoms with Crippen molar-refractivity contribution in [1.29, 1.82) is 0 Å². The molecule has 0 heterocycles. The van der Waals surface area contributed by atoms with Gasteiger partial charge in [-0.2, -0.15) is 0 Å². The second-order valence-corrected chi connectivity index (χ2v) is 6.63. The van der Waals surface area contributed by atoms with Gasteiger partial charge >= 0.3 is 5.97 Å². The molecule has 0 fully saturated rings. The van der Waals surface area contributed by atoms with Gasteiger partial charge in [0.1, 0.15) is 0 Å². The SMILES string of the molecule is CC=CCC(O)CCCCCCCCCCCCCCC(=O)O. The number of hydrogen-bond acceptors (Lipinski definition) is 2. The van der Waals surface area contributed by atoms with Gasteiger partial charge in [-0.3, -0.25) is 4.79 Å². The number of aliphatic carboxylic acids is 1. The molecule has 0 radical (unpaired) electrons. The number of carbonyl (C=O) groups is 1. The fourth-order valence-corrected chi connectivity index (χ4v) is 2.83. The van der Waals surface area contributed by atoms with Gasteiger partial charge in [-0.25, -0.2) is 0 Å². The summed E-state index contributed by atoms with van der Waals surface area (Å²) in [6, 6.07) is 0. The molecule has 1 atom stereocenters. The Bertz CT molecular complexity index is 287. The summed E-state index contributed by atoms with van der Waals surface area (Å²) in [6.45, 7) is 1.99. The van der Waals surface area contributed by atoms with E-state index in [2.05, 4.69) is 0 Å². The van der Waals surface area contributed by atoms with Crippen molar-refractivity contribution in [3.63, 3.8) is 0 Å². The minimum absolute atomic E-state index is 0.151. The molecule has 0 spiro atoms. The summed E-state index contributed by atoms with van der Waals surface area (Å²) in [7, 11) is 0. The van der Waals surface area contributed by atoms with Gasteiger partial charge in [-0.15, -0.1) is 0 Å². The first-order chi connectivity index (χ1) is 11.2. The fourth-order valence-electron chi connectivity index (χ4n) is 2.83. The van der Waals surface area contributed by atoms with Crippen LogP contribution in [0.25, 0.3) is 0 Å². The van der Waals surface area contributed by atoms with Crippen LogP contribution in [0.2, 0.25) is 0 Å². The van der Waals surface area contributed by atoms with E-state index in [9.17, 15) is 9.90 Å². The summed E-state index contributed by atoms with van der Waals surface area (Å²) in [5.41, 5.74) is 0. The van der Waals surface area contributed by atoms with Gasteiger partial charge < -0.3 is 10.2 Å². The molecule has 0 aromatic carbocycles. The first-order valence-corrected chi connectivity index (χ1v) is 9.67. The zero-order valence-corrected chi connectivity index (χ0v) is 15.1. The molecular weight excluding hydrogens is 288 g/mol. The van der Waals surface area contributed by atoms with E-state index in [0.29, 0.717) is 6.42 Å². The van der Waals surface area contributed by atoms with E-state index in [1.807, 2.05) is 19.1 Å². The maximum absolute atomic E-state index is 10.4. The third-order valence-electron chi connectivity index (χ3n) is 4.32. The minimum Gasteiger partial charge on any atom is -0.481 e. The van der Waals surface area contributed by atoms with Gasteiger partial charge in [0.05, 0.1) is 6.10 Å². The van der Waals surface area contributed by atoms with E-state index < -0.39 is 5.97 Å². The second kappa shape index (κ2) is 17.5. The Morgan fingerprint density at radius 2 is 1.26 bits per heavy atom. The zero-order valence-electron chi connectivity index (χ0n) is 15.1. The van der Waals surface area contributed by atoms with E-state index in [4.69, 9.17) is 5.11 Å². The van der Waals surface area contributed by atoms with Crippen LogP contribution in [0, 0.1) is 0 Å². The monoisotopic (exact) mass is 326 g/mol. The van der Waals surface area contributed by atoms with Crippen LogP contribution in [0.4, 0.5) is 0 Å². The number of allylic oxidation sites excluding steroid dienone is 1. The molecule has 3 heteroatoms. The summed E-state index contributed by atoms with van der Waals surface area (Å²) < 4.78 is 0. The van der Waals surface area contributed by atoms with Crippen LogP contribution in [-0.4, -0.2) is 22.3 Å². The molecule has 0 saturated carbocycles. The van der Waals surface area contributed by atoms with E-state index in [1.54, 1.807) is 0 Å². The smallest absolute Gasteiger partial charge is 0.303 e. The lowest BCUT2D eigenvalue weighted by atomic mass is 10.0. The van der Waals surface area contributed by atoms with E-state index >= 15 is 0 Å². The number of aliphatic hydroxyl groups is 1. The van der Waals surface area contributed by atoms with E-state index in [0.717, 1.165) is 32.1 Å². The Labute approximate surface area is 143 Å². The van der Waals surface area contributed by atoms with E-state index in [1.165, 1.54) is 57.8 Å². The van der Waals surface area contributed by atoms with Crippen molar-refractivity contribution in [3.8, 4) is 0 Å². The molecule has 0 aliphatic heterocycles. The van der Waals surface area contributed by atoms with Crippen LogP contribution < -0.4 is 0 Å². The maximum Gasteiger partial charge on any atom is 0.303 e. The molecule has 0 saturated heterocycles. The van der Waals surface area contributed by atoms with Crippen LogP contribution in [0.15, 0.2) is 12.2 Å². The largest absolute Gasteiger partial charge is 0.481 e. The van der Waals surface area contributed by atoms with Crippen molar-refractivity contribution in [3.05, 3.63) is 12.2 Å². The quantitative estimate of drug-likeness (QED) is 0.260. The van der Waals surface area contributed by atoms with Crippen molar-refractivity contribution in [2.45, 2.75) is 109 Å². The van der Waals surface area contributed by atoms with Crippen molar-refractivity contribution >= 4 is 5.97 Å². The minimum atomic E-state index is -0.669. The summed E-state index contributed by atoms with van der Waals surface area (Å²) in [6.07, 6.45) is 20.6. The first-order valence-electron chi connectivity index (χ1n) is 9.67. The van der Waals surface area contributed by atoms with Gasteiger partial charge in [0.15, 0.2) is 0 Å². The van der Waals surface area contributed by atoms with Crippen molar-refractivity contribution in [2.24, 2.45) is 0 Å². The number of unbranched alkanes of at least 4 members (excludes halogenated alkanes) is 11. The molecular formula is C20H38O3. The summed E-state index contributed by atoms with van der Waals surface area (Å²) in [5, 5.41) is 18.2. The second-order valence-electron chi connectivity index (χ2n) is 6.63. The highest BCUT2D eigenvalue weighted by molar-refractivity contribution is 5.66. The standard InChI is InChI=1S/C20H38O3/c1-2-3-16-19(21)17-14-12-10-8-6-4-5-7-9-11-13-15-18-20(22)23/h2-3,19,21H,4-18H2,1H3,(H,22,23). The highest BCUT2D eigenvalue weighted by atomic mass is 16.4. The van der Waals surface area contributed by atoms with E-state index in [-0.39, 0.29) is 6.10 Å². The third-order valence-corrected chi connectivity index (χ3v) is 4.32. The molecule has 23 heavy (non-hydrogen) atoms. The van der Waals surface area contributed by atoms with Crippen LogP contribution in [-0.2, 0) is 4.79 Å². The lowest BCUT2D eigenvalue weighted by Crippen LogP contribution is -2.04. The molecule has 2 N–H and O–H groups in total. The molecule has 0 aromatic heterocycles. The molecule has 3 nitrogen and oxygen atoms in total. The zero-order chi connectivity index (χ0) is 17.2. The lowest BCUT2D eigenvalue weighted by Gasteiger charge is -2.07. The molecule has 0 bridgehead atoms. The maximum atomic E-state index is 10.4. The molecule has 136 valence electrons. The average Bonchev–Trinajstić information content (AvgIpc) is 2.52. The Morgan fingerprint density at radius 3 is 1.70 bits per heavy atom. The van der Waals surface area contributed by atoms with Crippen LogP contribution in [0.3, 0.4) is 0 Å². The lowest BCUT2D eigenvalue weighted by molar-refractivity contribution is -0.137. The van der Waals surface area contributed by atoms with Crippen molar-refractivity contribution in [2.75, 3.05) is 0 Å².